The maximum absolute atomic E-state index is 13.2. The van der Waals surface area contributed by atoms with Crippen LogP contribution < -0.4 is 5.73 Å². The normalized spacial score (nSPS) is 14.6. The van der Waals surface area contributed by atoms with Crippen molar-refractivity contribution in [1.29, 1.82) is 0 Å². The van der Waals surface area contributed by atoms with Gasteiger partial charge in [0.05, 0.1) is 6.10 Å². The van der Waals surface area contributed by atoms with Gasteiger partial charge < -0.3 is 10.5 Å². The number of hydrogen-bond donors (Lipinski definition) is 1. The number of halogens is 2. The second kappa shape index (κ2) is 7.09. The van der Waals surface area contributed by atoms with E-state index in [-0.39, 0.29) is 18.0 Å². The number of hydrogen-bond acceptors (Lipinski definition) is 2. The first-order valence-corrected chi connectivity index (χ1v) is 6.54. The van der Waals surface area contributed by atoms with Crippen molar-refractivity contribution >= 4 is 15.9 Å². The summed E-state index contributed by atoms with van der Waals surface area (Å²) in [6.45, 7) is 2.02. The van der Waals surface area contributed by atoms with Gasteiger partial charge >= 0.3 is 0 Å². The molecule has 0 aliphatic heterocycles. The van der Waals surface area contributed by atoms with Crippen LogP contribution in [0, 0.1) is 5.82 Å². The first-order chi connectivity index (χ1) is 8.01. The topological polar surface area (TPSA) is 35.2 Å². The monoisotopic (exact) mass is 303 g/mol. The summed E-state index contributed by atoms with van der Waals surface area (Å²) in [6.07, 6.45) is 2.71. The molecule has 0 saturated heterocycles. The van der Waals surface area contributed by atoms with Crippen LogP contribution in [-0.4, -0.2) is 19.3 Å². The van der Waals surface area contributed by atoms with Crippen LogP contribution in [0.25, 0.3) is 0 Å². The molecule has 96 valence electrons. The van der Waals surface area contributed by atoms with E-state index in [1.807, 2.05) is 13.0 Å². The molecular formula is C13H19BrFNO. The number of benzene rings is 1. The van der Waals surface area contributed by atoms with E-state index >= 15 is 0 Å². The quantitative estimate of drug-likeness (QED) is 0.875. The van der Waals surface area contributed by atoms with E-state index in [0.29, 0.717) is 6.42 Å². The van der Waals surface area contributed by atoms with Crippen molar-refractivity contribution in [3.8, 4) is 0 Å². The largest absolute Gasteiger partial charge is 0.382 e. The summed E-state index contributed by atoms with van der Waals surface area (Å²) in [5.74, 6) is -0.230. The molecule has 0 fully saturated rings. The average Bonchev–Trinajstić information content (AvgIpc) is 2.24. The Morgan fingerprint density at radius 3 is 2.65 bits per heavy atom. The van der Waals surface area contributed by atoms with E-state index in [9.17, 15) is 4.39 Å². The predicted molar refractivity (Wildman–Crippen MR) is 71.5 cm³/mol. The first-order valence-electron chi connectivity index (χ1n) is 5.74. The van der Waals surface area contributed by atoms with E-state index in [0.717, 1.165) is 22.9 Å². The van der Waals surface area contributed by atoms with Crippen molar-refractivity contribution in [2.24, 2.45) is 5.73 Å². The van der Waals surface area contributed by atoms with Crippen LogP contribution in [0.1, 0.15) is 25.3 Å². The van der Waals surface area contributed by atoms with Crippen LogP contribution in [0.5, 0.6) is 0 Å². The number of ether oxygens (including phenoxy) is 1. The van der Waals surface area contributed by atoms with E-state index in [2.05, 4.69) is 15.9 Å². The Kier molecular flexibility index (Phi) is 6.09. The van der Waals surface area contributed by atoms with Crippen LogP contribution in [0.2, 0.25) is 0 Å². The molecule has 0 spiro atoms. The van der Waals surface area contributed by atoms with E-state index in [4.69, 9.17) is 10.5 Å². The Morgan fingerprint density at radius 1 is 1.35 bits per heavy atom. The first kappa shape index (κ1) is 14.6. The average molecular weight is 304 g/mol. The fourth-order valence-electron chi connectivity index (χ4n) is 1.70. The fraction of sp³-hybridized carbons (Fsp3) is 0.538. The van der Waals surface area contributed by atoms with Gasteiger partial charge in [-0.1, -0.05) is 15.9 Å². The maximum atomic E-state index is 13.2. The summed E-state index contributed by atoms with van der Waals surface area (Å²) in [6, 6.07) is 4.93. The Bertz CT molecular complexity index is 339. The van der Waals surface area contributed by atoms with Gasteiger partial charge in [-0.05, 0) is 49.9 Å². The molecule has 0 radical (unpaired) electrons. The molecule has 17 heavy (non-hydrogen) atoms. The lowest BCUT2D eigenvalue weighted by atomic mass is 10.0. The Hall–Kier alpha value is -0.450. The van der Waals surface area contributed by atoms with Gasteiger partial charge in [0.15, 0.2) is 0 Å². The summed E-state index contributed by atoms with van der Waals surface area (Å²) in [4.78, 5) is 0. The van der Waals surface area contributed by atoms with Crippen molar-refractivity contribution in [3.63, 3.8) is 0 Å². The van der Waals surface area contributed by atoms with E-state index in [1.165, 1.54) is 12.1 Å². The third-order valence-corrected chi connectivity index (χ3v) is 3.22. The molecule has 1 aromatic rings. The molecule has 0 aromatic heterocycles. The highest BCUT2D eigenvalue weighted by molar-refractivity contribution is 9.10. The third-order valence-electron chi connectivity index (χ3n) is 2.77. The Labute approximate surface area is 110 Å². The lowest BCUT2D eigenvalue weighted by molar-refractivity contribution is 0.107. The summed E-state index contributed by atoms with van der Waals surface area (Å²) in [5.41, 5.74) is 6.94. The van der Waals surface area contributed by atoms with E-state index < -0.39 is 0 Å². The van der Waals surface area contributed by atoms with Gasteiger partial charge in [-0.25, -0.2) is 4.39 Å². The molecule has 4 heteroatoms. The van der Waals surface area contributed by atoms with Crippen LogP contribution in [0.3, 0.4) is 0 Å². The molecule has 2 nitrogen and oxygen atoms in total. The fourth-order valence-corrected chi connectivity index (χ4v) is 2.21. The molecule has 0 amide bonds. The van der Waals surface area contributed by atoms with Gasteiger partial charge in [0, 0.05) is 17.6 Å². The van der Waals surface area contributed by atoms with Crippen molar-refractivity contribution < 1.29 is 9.13 Å². The Morgan fingerprint density at radius 2 is 2.06 bits per heavy atom. The van der Waals surface area contributed by atoms with Crippen LogP contribution in [0.15, 0.2) is 22.7 Å². The van der Waals surface area contributed by atoms with Crippen molar-refractivity contribution in [2.45, 2.75) is 38.3 Å². The second-order valence-electron chi connectivity index (χ2n) is 4.37. The maximum Gasteiger partial charge on any atom is 0.124 e. The molecule has 0 heterocycles. The van der Waals surface area contributed by atoms with Gasteiger partial charge in [0.1, 0.15) is 5.82 Å². The minimum absolute atomic E-state index is 0.0429. The van der Waals surface area contributed by atoms with Crippen molar-refractivity contribution in [2.75, 3.05) is 7.11 Å². The zero-order valence-corrected chi connectivity index (χ0v) is 11.8. The molecule has 2 atom stereocenters. The number of methoxy groups -OCH3 is 1. The second-order valence-corrected chi connectivity index (χ2v) is 5.28. The van der Waals surface area contributed by atoms with Gasteiger partial charge in [-0.2, -0.15) is 0 Å². The molecule has 0 aliphatic carbocycles. The summed E-state index contributed by atoms with van der Waals surface area (Å²) < 4.78 is 19.1. The molecule has 1 aromatic carbocycles. The minimum Gasteiger partial charge on any atom is -0.382 e. The Balaban J connectivity index is 2.47. The highest BCUT2D eigenvalue weighted by Crippen LogP contribution is 2.17. The van der Waals surface area contributed by atoms with Crippen LogP contribution in [-0.2, 0) is 11.2 Å². The number of rotatable bonds is 6. The zero-order valence-electron chi connectivity index (χ0n) is 10.2. The standard InChI is InChI=1S/C13H19BrFNO/c1-9(17-2)3-4-13(16)7-10-5-11(14)8-12(15)6-10/h5-6,8-9,13H,3-4,7,16H2,1-2H3. The van der Waals surface area contributed by atoms with Gasteiger partial charge in [-0.15, -0.1) is 0 Å². The van der Waals surface area contributed by atoms with Crippen LogP contribution >= 0.6 is 15.9 Å². The zero-order chi connectivity index (χ0) is 12.8. The number of nitrogens with two attached hydrogens (primary N) is 1. The third kappa shape index (κ3) is 5.61. The predicted octanol–water partition coefficient (Wildman–Crippen LogP) is 3.27. The lowest BCUT2D eigenvalue weighted by Crippen LogP contribution is -2.24. The molecule has 0 saturated carbocycles. The van der Waals surface area contributed by atoms with Crippen LogP contribution in [0.4, 0.5) is 4.39 Å². The molecule has 2 unspecified atom stereocenters. The summed E-state index contributed by atoms with van der Waals surface area (Å²) in [7, 11) is 1.69. The SMILES string of the molecule is COC(C)CCC(N)Cc1cc(F)cc(Br)c1. The summed E-state index contributed by atoms with van der Waals surface area (Å²) in [5, 5.41) is 0. The van der Waals surface area contributed by atoms with Crippen molar-refractivity contribution in [1.82, 2.24) is 0 Å². The lowest BCUT2D eigenvalue weighted by Gasteiger charge is -2.15. The molecular weight excluding hydrogens is 285 g/mol. The van der Waals surface area contributed by atoms with Gasteiger partial charge in [0.2, 0.25) is 0 Å². The molecule has 0 aliphatic rings. The molecule has 2 N–H and O–H groups in total. The van der Waals surface area contributed by atoms with Gasteiger partial charge in [0.25, 0.3) is 0 Å². The molecule has 0 bridgehead atoms. The highest BCUT2D eigenvalue weighted by Gasteiger charge is 2.08. The minimum atomic E-state index is -0.230. The van der Waals surface area contributed by atoms with Gasteiger partial charge in [-0.3, -0.25) is 0 Å². The van der Waals surface area contributed by atoms with Crippen molar-refractivity contribution in [3.05, 3.63) is 34.1 Å². The summed E-state index contributed by atoms with van der Waals surface area (Å²) >= 11 is 3.28. The molecule has 1 rings (SSSR count). The smallest absolute Gasteiger partial charge is 0.124 e. The highest BCUT2D eigenvalue weighted by atomic mass is 79.9. The van der Waals surface area contributed by atoms with E-state index in [1.54, 1.807) is 7.11 Å².